The van der Waals surface area contributed by atoms with Gasteiger partial charge in [0.1, 0.15) is 18.1 Å². The monoisotopic (exact) mass is 557 g/mol. The summed E-state index contributed by atoms with van der Waals surface area (Å²) in [6, 6.07) is 8.56. The van der Waals surface area contributed by atoms with Gasteiger partial charge in [-0.15, -0.1) is 34.2 Å². The van der Waals surface area contributed by atoms with E-state index in [4.69, 9.17) is 14.5 Å². The van der Waals surface area contributed by atoms with Crippen LogP contribution in [0.5, 0.6) is 5.75 Å². The molecule has 1 aromatic heterocycles. The normalized spacial score (nSPS) is 15.7. The molecule has 3 rings (SSSR count). The highest BCUT2D eigenvalue weighted by Crippen LogP contribution is 2.11. The number of rotatable bonds is 9. The lowest BCUT2D eigenvalue weighted by Crippen LogP contribution is -2.49. The van der Waals surface area contributed by atoms with Crippen molar-refractivity contribution >= 4 is 29.9 Å². The van der Waals surface area contributed by atoms with E-state index >= 15 is 0 Å². The molecule has 1 unspecified atom stereocenters. The van der Waals surface area contributed by atoms with Crippen molar-refractivity contribution in [3.05, 3.63) is 41.5 Å². The van der Waals surface area contributed by atoms with Crippen LogP contribution in [0.2, 0.25) is 0 Å². The van der Waals surface area contributed by atoms with Crippen molar-refractivity contribution in [2.75, 3.05) is 46.5 Å². The van der Waals surface area contributed by atoms with Crippen molar-refractivity contribution in [2.45, 2.75) is 32.9 Å². The molecule has 9 nitrogen and oxygen atoms in total. The van der Waals surface area contributed by atoms with Gasteiger partial charge in [-0.25, -0.2) is 4.99 Å². The molecule has 0 bridgehead atoms. The van der Waals surface area contributed by atoms with Crippen LogP contribution in [0.4, 0.5) is 0 Å². The SMILES string of the molecule is COc1ccc(CCNC(=NCc2nnc(C)n2C)NCC(C)N2CCOCC2)cc1.I. The van der Waals surface area contributed by atoms with E-state index in [9.17, 15) is 0 Å². The smallest absolute Gasteiger partial charge is 0.191 e. The number of guanidine groups is 1. The van der Waals surface area contributed by atoms with Crippen LogP contribution in [-0.2, 0) is 24.8 Å². The number of hydrogen-bond acceptors (Lipinski definition) is 6. The number of methoxy groups -OCH3 is 1. The third-order valence-corrected chi connectivity index (χ3v) is 5.66. The van der Waals surface area contributed by atoms with Gasteiger partial charge >= 0.3 is 0 Å². The Morgan fingerprint density at radius 1 is 1.19 bits per heavy atom. The molecule has 1 saturated heterocycles. The molecule has 2 heterocycles. The Morgan fingerprint density at radius 3 is 2.53 bits per heavy atom. The fourth-order valence-corrected chi connectivity index (χ4v) is 3.42. The zero-order chi connectivity index (χ0) is 22.1. The van der Waals surface area contributed by atoms with Crippen LogP contribution < -0.4 is 15.4 Å². The number of aryl methyl sites for hydroxylation is 1. The molecule has 32 heavy (non-hydrogen) atoms. The number of benzene rings is 1. The minimum absolute atomic E-state index is 0. The summed E-state index contributed by atoms with van der Waals surface area (Å²) in [6.07, 6.45) is 0.896. The molecule has 1 fully saturated rings. The summed E-state index contributed by atoms with van der Waals surface area (Å²) in [7, 11) is 3.65. The number of nitrogens with zero attached hydrogens (tertiary/aromatic N) is 5. The second kappa shape index (κ2) is 13.6. The van der Waals surface area contributed by atoms with Gasteiger partial charge in [-0.1, -0.05) is 12.1 Å². The number of halogens is 1. The molecule has 1 atom stereocenters. The van der Waals surface area contributed by atoms with Crippen LogP contribution in [0.3, 0.4) is 0 Å². The predicted octanol–water partition coefficient (Wildman–Crippen LogP) is 1.75. The van der Waals surface area contributed by atoms with Gasteiger partial charge < -0.3 is 24.7 Å². The van der Waals surface area contributed by atoms with Crippen LogP contribution in [0.15, 0.2) is 29.3 Å². The summed E-state index contributed by atoms with van der Waals surface area (Å²) in [5.74, 6) is 3.38. The average Bonchev–Trinajstić information content (AvgIpc) is 3.13. The third-order valence-electron chi connectivity index (χ3n) is 5.66. The van der Waals surface area contributed by atoms with Gasteiger partial charge in [-0.3, -0.25) is 4.90 Å². The molecule has 0 spiro atoms. The highest BCUT2D eigenvalue weighted by Gasteiger charge is 2.17. The van der Waals surface area contributed by atoms with E-state index in [2.05, 4.69) is 44.8 Å². The second-order valence-corrected chi connectivity index (χ2v) is 7.79. The Labute approximate surface area is 208 Å². The van der Waals surface area contributed by atoms with Crippen molar-refractivity contribution in [2.24, 2.45) is 12.0 Å². The maximum Gasteiger partial charge on any atom is 0.191 e. The van der Waals surface area contributed by atoms with E-state index in [1.807, 2.05) is 30.7 Å². The van der Waals surface area contributed by atoms with E-state index in [1.54, 1.807) is 7.11 Å². The number of ether oxygens (including phenoxy) is 2. The Balaban J connectivity index is 0.00000363. The summed E-state index contributed by atoms with van der Waals surface area (Å²) >= 11 is 0. The lowest BCUT2D eigenvalue weighted by molar-refractivity contribution is 0.0211. The van der Waals surface area contributed by atoms with Gasteiger partial charge in [0.15, 0.2) is 11.8 Å². The molecule has 10 heteroatoms. The van der Waals surface area contributed by atoms with Gasteiger partial charge in [0.2, 0.25) is 0 Å². The zero-order valence-corrected chi connectivity index (χ0v) is 21.8. The van der Waals surface area contributed by atoms with Crippen LogP contribution >= 0.6 is 24.0 Å². The van der Waals surface area contributed by atoms with Gasteiger partial charge in [0.05, 0.1) is 20.3 Å². The van der Waals surface area contributed by atoms with Crippen molar-refractivity contribution < 1.29 is 9.47 Å². The fourth-order valence-electron chi connectivity index (χ4n) is 3.42. The summed E-state index contributed by atoms with van der Waals surface area (Å²) < 4.78 is 12.7. The molecule has 1 aromatic carbocycles. The van der Waals surface area contributed by atoms with E-state index < -0.39 is 0 Å². The highest BCUT2D eigenvalue weighted by molar-refractivity contribution is 14.0. The standard InChI is InChI=1S/C22H35N7O2.HI/c1-17(29-11-13-31-14-12-29)15-24-22(25-16-21-27-26-18(2)28(21)3)23-10-9-19-5-7-20(30-4)8-6-19;/h5-8,17H,9-16H2,1-4H3,(H2,23,24,25);1H. The second-order valence-electron chi connectivity index (χ2n) is 7.79. The molecule has 1 aliphatic rings. The number of hydrogen-bond donors (Lipinski definition) is 2. The minimum atomic E-state index is 0. The number of aliphatic imine (C=N–C) groups is 1. The van der Waals surface area contributed by atoms with Gasteiger partial charge in [0, 0.05) is 39.3 Å². The molecule has 2 N–H and O–H groups in total. The summed E-state index contributed by atoms with van der Waals surface area (Å²) in [5.41, 5.74) is 1.25. The first kappa shape index (κ1) is 26.3. The van der Waals surface area contributed by atoms with E-state index in [1.165, 1.54) is 5.56 Å². The molecular weight excluding hydrogens is 521 g/mol. The molecular formula is C22H36IN7O2. The molecule has 0 radical (unpaired) electrons. The lowest BCUT2D eigenvalue weighted by Gasteiger charge is -2.32. The van der Waals surface area contributed by atoms with Gasteiger partial charge in [0.25, 0.3) is 0 Å². The van der Waals surface area contributed by atoms with E-state index in [0.717, 1.165) is 69.2 Å². The number of aromatic nitrogens is 3. The minimum Gasteiger partial charge on any atom is -0.497 e. The molecule has 1 aliphatic heterocycles. The zero-order valence-electron chi connectivity index (χ0n) is 19.5. The Hall–Kier alpha value is -1.92. The summed E-state index contributed by atoms with van der Waals surface area (Å²) in [4.78, 5) is 7.19. The van der Waals surface area contributed by atoms with Crippen LogP contribution in [0, 0.1) is 6.92 Å². The quantitative estimate of drug-likeness (QED) is 0.276. The van der Waals surface area contributed by atoms with Crippen LogP contribution in [-0.4, -0.2) is 78.2 Å². The van der Waals surface area contributed by atoms with E-state index in [-0.39, 0.29) is 24.0 Å². The first-order chi connectivity index (χ1) is 15.1. The fraction of sp³-hybridized carbons (Fsp3) is 0.591. The Kier molecular flexibility index (Phi) is 11.2. The van der Waals surface area contributed by atoms with Crippen LogP contribution in [0.25, 0.3) is 0 Å². The molecule has 0 amide bonds. The Bertz CT molecular complexity index is 835. The van der Waals surface area contributed by atoms with Crippen molar-refractivity contribution in [1.29, 1.82) is 0 Å². The summed E-state index contributed by atoms with van der Waals surface area (Å²) in [5, 5.41) is 15.3. The van der Waals surface area contributed by atoms with E-state index in [0.29, 0.717) is 12.6 Å². The predicted molar refractivity (Wildman–Crippen MR) is 137 cm³/mol. The molecule has 2 aromatic rings. The topological polar surface area (TPSA) is 88.8 Å². The van der Waals surface area contributed by atoms with Crippen molar-refractivity contribution in [1.82, 2.24) is 30.3 Å². The number of nitrogens with one attached hydrogen (secondary N) is 2. The number of morpholine rings is 1. The first-order valence-electron chi connectivity index (χ1n) is 10.9. The van der Waals surface area contributed by atoms with Crippen molar-refractivity contribution in [3.63, 3.8) is 0 Å². The largest absolute Gasteiger partial charge is 0.497 e. The third kappa shape index (κ3) is 7.89. The average molecular weight is 557 g/mol. The molecule has 0 saturated carbocycles. The van der Waals surface area contributed by atoms with Gasteiger partial charge in [-0.2, -0.15) is 0 Å². The molecule has 178 valence electrons. The maximum absolute atomic E-state index is 5.46. The first-order valence-corrected chi connectivity index (χ1v) is 10.9. The summed E-state index contributed by atoms with van der Waals surface area (Å²) in [6.45, 7) is 9.79. The lowest BCUT2D eigenvalue weighted by atomic mass is 10.1. The van der Waals surface area contributed by atoms with Gasteiger partial charge in [-0.05, 0) is 38.0 Å². The Morgan fingerprint density at radius 2 is 1.91 bits per heavy atom. The maximum atomic E-state index is 5.46. The highest BCUT2D eigenvalue weighted by atomic mass is 127. The molecule has 0 aliphatic carbocycles. The van der Waals surface area contributed by atoms with Crippen molar-refractivity contribution in [3.8, 4) is 5.75 Å². The van der Waals surface area contributed by atoms with Crippen LogP contribution in [0.1, 0.15) is 24.1 Å².